The SMILES string of the molecule is CCOc1ccc(OCc2ccc(C3CCC(C4CCC(/C=C/CF)CC4)CC3)cc2F)c(F)c1F. The Morgan fingerprint density at radius 2 is 1.42 bits per heavy atom. The first-order valence-corrected chi connectivity index (χ1v) is 13.2. The lowest BCUT2D eigenvalue weighted by atomic mass is 9.68. The average Bonchev–Trinajstić information content (AvgIpc) is 2.91. The molecule has 0 radical (unpaired) electrons. The summed E-state index contributed by atoms with van der Waals surface area (Å²) in [6, 6.07) is 7.79. The molecule has 2 saturated carbocycles. The predicted octanol–water partition coefficient (Wildman–Crippen LogP) is 8.69. The summed E-state index contributed by atoms with van der Waals surface area (Å²) >= 11 is 0. The summed E-state index contributed by atoms with van der Waals surface area (Å²) in [4.78, 5) is 0. The van der Waals surface area contributed by atoms with Crippen molar-refractivity contribution in [2.24, 2.45) is 17.8 Å². The van der Waals surface area contributed by atoms with Crippen molar-refractivity contribution < 1.29 is 27.0 Å². The van der Waals surface area contributed by atoms with Crippen LogP contribution in [0, 0.1) is 35.2 Å². The first-order chi connectivity index (χ1) is 17.5. The van der Waals surface area contributed by atoms with Crippen LogP contribution in [0.25, 0.3) is 0 Å². The predicted molar refractivity (Wildman–Crippen MR) is 134 cm³/mol. The van der Waals surface area contributed by atoms with Gasteiger partial charge in [0.15, 0.2) is 11.5 Å². The van der Waals surface area contributed by atoms with Gasteiger partial charge in [-0.2, -0.15) is 8.78 Å². The van der Waals surface area contributed by atoms with Gasteiger partial charge in [0.25, 0.3) is 0 Å². The maximum absolute atomic E-state index is 14.8. The van der Waals surface area contributed by atoms with E-state index in [1.54, 1.807) is 25.1 Å². The summed E-state index contributed by atoms with van der Waals surface area (Å²) in [6.45, 7) is 1.34. The van der Waals surface area contributed by atoms with Gasteiger partial charge < -0.3 is 9.47 Å². The number of allylic oxidation sites excluding steroid dienone is 2. The number of rotatable bonds is 9. The zero-order chi connectivity index (χ0) is 25.5. The van der Waals surface area contributed by atoms with Gasteiger partial charge in [0, 0.05) is 5.56 Å². The summed E-state index contributed by atoms with van der Waals surface area (Å²) in [5.74, 6) is -0.727. The summed E-state index contributed by atoms with van der Waals surface area (Å²) in [7, 11) is 0. The smallest absolute Gasteiger partial charge is 0.204 e. The summed E-state index contributed by atoms with van der Waals surface area (Å²) in [5, 5.41) is 0. The molecule has 2 aliphatic carbocycles. The van der Waals surface area contributed by atoms with Crippen LogP contribution >= 0.6 is 0 Å². The van der Waals surface area contributed by atoms with E-state index in [0.29, 0.717) is 17.4 Å². The Labute approximate surface area is 211 Å². The number of hydrogen-bond donors (Lipinski definition) is 0. The quantitative estimate of drug-likeness (QED) is 0.251. The molecule has 36 heavy (non-hydrogen) atoms. The van der Waals surface area contributed by atoms with Crippen molar-refractivity contribution in [2.75, 3.05) is 13.3 Å². The Morgan fingerprint density at radius 3 is 2.00 bits per heavy atom. The van der Waals surface area contributed by atoms with Gasteiger partial charge in [-0.05, 0) is 106 Å². The van der Waals surface area contributed by atoms with Gasteiger partial charge in [-0.15, -0.1) is 0 Å². The van der Waals surface area contributed by atoms with E-state index in [1.165, 1.54) is 25.0 Å². The third-order valence-corrected chi connectivity index (χ3v) is 8.00. The molecule has 2 nitrogen and oxygen atoms in total. The minimum absolute atomic E-state index is 0.175. The van der Waals surface area contributed by atoms with E-state index >= 15 is 0 Å². The molecule has 2 aliphatic rings. The number of hydrogen-bond acceptors (Lipinski definition) is 2. The first kappa shape index (κ1) is 26.6. The molecule has 2 aromatic carbocycles. The second-order valence-corrected chi connectivity index (χ2v) is 10.1. The highest BCUT2D eigenvalue weighted by Crippen LogP contribution is 2.44. The van der Waals surface area contributed by atoms with E-state index in [9.17, 15) is 17.6 Å². The van der Waals surface area contributed by atoms with E-state index < -0.39 is 11.6 Å². The van der Waals surface area contributed by atoms with Crippen molar-refractivity contribution in [3.8, 4) is 11.5 Å². The van der Waals surface area contributed by atoms with Gasteiger partial charge in [-0.1, -0.05) is 24.3 Å². The third-order valence-electron chi connectivity index (χ3n) is 8.00. The van der Waals surface area contributed by atoms with Crippen molar-refractivity contribution in [1.82, 2.24) is 0 Å². The number of benzene rings is 2. The summed E-state index contributed by atoms with van der Waals surface area (Å²) in [5.41, 5.74) is 1.30. The molecule has 0 bridgehead atoms. The van der Waals surface area contributed by atoms with Gasteiger partial charge in [-0.3, -0.25) is 0 Å². The Kier molecular flexibility index (Phi) is 9.33. The Bertz CT molecular complexity index is 1020. The highest BCUT2D eigenvalue weighted by Gasteiger charge is 2.31. The minimum Gasteiger partial charge on any atom is -0.491 e. The van der Waals surface area contributed by atoms with Crippen LogP contribution in [0.5, 0.6) is 11.5 Å². The van der Waals surface area contributed by atoms with E-state index in [0.717, 1.165) is 55.9 Å². The van der Waals surface area contributed by atoms with Crippen molar-refractivity contribution >= 4 is 0 Å². The Hall–Kier alpha value is -2.50. The molecule has 2 fully saturated rings. The number of ether oxygens (including phenoxy) is 2. The molecule has 4 rings (SSSR count). The maximum atomic E-state index is 14.8. The molecule has 0 spiro atoms. The van der Waals surface area contributed by atoms with Crippen LogP contribution < -0.4 is 9.47 Å². The van der Waals surface area contributed by atoms with E-state index in [4.69, 9.17) is 9.47 Å². The zero-order valence-corrected chi connectivity index (χ0v) is 21.0. The Morgan fingerprint density at radius 1 is 0.806 bits per heavy atom. The van der Waals surface area contributed by atoms with Crippen molar-refractivity contribution in [3.63, 3.8) is 0 Å². The van der Waals surface area contributed by atoms with E-state index in [-0.39, 0.29) is 37.2 Å². The lowest BCUT2D eigenvalue weighted by Gasteiger charge is -2.37. The van der Waals surface area contributed by atoms with Crippen LogP contribution in [0.2, 0.25) is 0 Å². The Balaban J connectivity index is 1.28. The molecule has 0 N–H and O–H groups in total. The summed E-state index contributed by atoms with van der Waals surface area (Å²) < 4.78 is 65.9. The fourth-order valence-corrected chi connectivity index (χ4v) is 5.96. The van der Waals surface area contributed by atoms with Crippen LogP contribution in [-0.4, -0.2) is 13.3 Å². The standard InChI is InChI=1S/C30H36F4O2/c1-2-35-27-15-16-28(30(34)29(27)33)36-19-25-14-13-24(18-26(25)32)23-11-9-22(10-12-23)21-7-5-20(6-8-21)4-3-17-31/h3-4,13-16,18,20-23H,2,5-12,17,19H2,1H3/b4-3+. The third kappa shape index (κ3) is 6.43. The topological polar surface area (TPSA) is 18.5 Å². The number of alkyl halides is 1. The molecule has 0 amide bonds. The fourth-order valence-electron chi connectivity index (χ4n) is 5.96. The minimum atomic E-state index is -1.14. The van der Waals surface area contributed by atoms with Gasteiger partial charge in [0.1, 0.15) is 19.1 Å². The highest BCUT2D eigenvalue weighted by molar-refractivity contribution is 5.35. The molecule has 0 saturated heterocycles. The van der Waals surface area contributed by atoms with Crippen LogP contribution in [-0.2, 0) is 6.61 Å². The van der Waals surface area contributed by atoms with Crippen molar-refractivity contribution in [1.29, 1.82) is 0 Å². The van der Waals surface area contributed by atoms with E-state index in [1.807, 2.05) is 12.1 Å². The highest BCUT2D eigenvalue weighted by atomic mass is 19.2. The number of halogens is 4. The normalized spacial score (nSPS) is 24.7. The molecular weight excluding hydrogens is 468 g/mol. The summed E-state index contributed by atoms with van der Waals surface area (Å²) in [6.07, 6.45) is 12.9. The monoisotopic (exact) mass is 504 g/mol. The molecule has 196 valence electrons. The van der Waals surface area contributed by atoms with Crippen molar-refractivity contribution in [3.05, 3.63) is 71.1 Å². The second kappa shape index (κ2) is 12.6. The van der Waals surface area contributed by atoms with Crippen LogP contribution in [0.3, 0.4) is 0 Å². The largest absolute Gasteiger partial charge is 0.491 e. The molecular formula is C30H36F4O2. The molecule has 0 atom stereocenters. The van der Waals surface area contributed by atoms with Gasteiger partial charge in [0.05, 0.1) is 6.61 Å². The molecule has 0 heterocycles. The van der Waals surface area contributed by atoms with Crippen molar-refractivity contribution in [2.45, 2.75) is 70.8 Å². The molecule has 2 aromatic rings. The zero-order valence-electron chi connectivity index (χ0n) is 21.0. The fraction of sp³-hybridized carbons (Fsp3) is 0.533. The molecule has 0 aliphatic heterocycles. The second-order valence-electron chi connectivity index (χ2n) is 10.1. The van der Waals surface area contributed by atoms with Gasteiger partial charge >= 0.3 is 0 Å². The lowest BCUT2D eigenvalue weighted by Crippen LogP contribution is -2.25. The van der Waals surface area contributed by atoms with Crippen LogP contribution in [0.15, 0.2) is 42.5 Å². The maximum Gasteiger partial charge on any atom is 0.204 e. The average molecular weight is 505 g/mol. The van der Waals surface area contributed by atoms with Gasteiger partial charge in [0.2, 0.25) is 11.6 Å². The molecule has 0 unspecified atom stereocenters. The lowest BCUT2D eigenvalue weighted by molar-refractivity contribution is 0.171. The molecule has 6 heteroatoms. The van der Waals surface area contributed by atoms with Crippen LogP contribution in [0.4, 0.5) is 17.6 Å². The first-order valence-electron chi connectivity index (χ1n) is 13.2. The van der Waals surface area contributed by atoms with Crippen LogP contribution in [0.1, 0.15) is 75.3 Å². The van der Waals surface area contributed by atoms with E-state index in [2.05, 4.69) is 0 Å². The van der Waals surface area contributed by atoms with Gasteiger partial charge in [-0.25, -0.2) is 8.78 Å². The molecule has 0 aromatic heterocycles.